The van der Waals surface area contributed by atoms with Gasteiger partial charge in [-0.2, -0.15) is 4.31 Å². The van der Waals surface area contributed by atoms with E-state index >= 15 is 0 Å². The molecule has 1 aliphatic rings. The minimum Gasteiger partial charge on any atom is -0.493 e. The minimum atomic E-state index is -3.80. The molecule has 0 saturated carbocycles. The summed E-state index contributed by atoms with van der Waals surface area (Å²) in [6.07, 6.45) is 1.18. The van der Waals surface area contributed by atoms with E-state index in [4.69, 9.17) is 9.47 Å². The second kappa shape index (κ2) is 9.65. The molecule has 3 rings (SSSR count). The van der Waals surface area contributed by atoms with E-state index in [2.05, 4.69) is 5.32 Å². The van der Waals surface area contributed by atoms with Crippen molar-refractivity contribution in [1.29, 1.82) is 0 Å². The number of nitrogens with one attached hydrogen (secondary N) is 1. The van der Waals surface area contributed by atoms with Gasteiger partial charge in [-0.3, -0.25) is 4.79 Å². The molecule has 1 amide bonds. The van der Waals surface area contributed by atoms with Crippen LogP contribution in [0.3, 0.4) is 0 Å². The lowest BCUT2D eigenvalue weighted by Crippen LogP contribution is -2.45. The third-order valence-electron chi connectivity index (χ3n) is 5.48. The highest BCUT2D eigenvalue weighted by Gasteiger charge is 2.34. The summed E-state index contributed by atoms with van der Waals surface area (Å²) in [5, 5.41) is 2.91. The van der Waals surface area contributed by atoms with E-state index in [1.807, 2.05) is 6.92 Å². The molecule has 1 N–H and O–H groups in total. The maximum atomic E-state index is 13.2. The van der Waals surface area contributed by atoms with Crippen molar-refractivity contribution >= 4 is 15.9 Å². The molecule has 1 aliphatic heterocycles. The molecule has 1 fully saturated rings. The summed E-state index contributed by atoms with van der Waals surface area (Å²) < 4.78 is 51.2. The van der Waals surface area contributed by atoms with Crippen LogP contribution in [-0.2, 0) is 14.8 Å². The maximum absolute atomic E-state index is 13.2. The second-order valence-electron chi connectivity index (χ2n) is 7.50. The Labute approximate surface area is 182 Å². The van der Waals surface area contributed by atoms with Gasteiger partial charge in [-0.05, 0) is 49.6 Å². The Bertz CT molecular complexity index is 1030. The van der Waals surface area contributed by atoms with Gasteiger partial charge in [0.05, 0.1) is 31.1 Å². The van der Waals surface area contributed by atoms with Gasteiger partial charge in [0.2, 0.25) is 15.9 Å². The van der Waals surface area contributed by atoms with Gasteiger partial charge < -0.3 is 14.8 Å². The molecule has 0 spiro atoms. The number of halogens is 1. The Morgan fingerprint density at radius 3 is 2.45 bits per heavy atom. The number of ether oxygens (including phenoxy) is 2. The molecule has 168 valence electrons. The van der Waals surface area contributed by atoms with Crippen molar-refractivity contribution in [3.8, 4) is 11.5 Å². The molecular formula is C22H27FN2O5S. The first-order chi connectivity index (χ1) is 14.8. The lowest BCUT2D eigenvalue weighted by atomic mass is 9.98. The van der Waals surface area contributed by atoms with E-state index in [1.54, 1.807) is 18.2 Å². The number of carbonyl (C=O) groups excluding carboxylic acids is 1. The van der Waals surface area contributed by atoms with Crippen LogP contribution in [-0.4, -0.2) is 45.9 Å². The number of carbonyl (C=O) groups is 1. The Morgan fingerprint density at radius 1 is 1.13 bits per heavy atom. The number of hydrogen-bond donors (Lipinski definition) is 1. The number of benzene rings is 2. The zero-order valence-corrected chi connectivity index (χ0v) is 18.6. The first-order valence-electron chi connectivity index (χ1n) is 10.0. The van der Waals surface area contributed by atoms with Crippen LogP contribution in [0.15, 0.2) is 47.4 Å². The van der Waals surface area contributed by atoms with Crippen molar-refractivity contribution in [2.24, 2.45) is 5.92 Å². The number of hydrogen-bond acceptors (Lipinski definition) is 5. The van der Waals surface area contributed by atoms with Gasteiger partial charge in [0.1, 0.15) is 5.82 Å². The van der Waals surface area contributed by atoms with Gasteiger partial charge in [-0.15, -0.1) is 0 Å². The van der Waals surface area contributed by atoms with Crippen LogP contribution in [0, 0.1) is 11.7 Å². The van der Waals surface area contributed by atoms with Crippen LogP contribution in [0.2, 0.25) is 0 Å². The van der Waals surface area contributed by atoms with E-state index in [0.717, 1.165) is 5.56 Å². The summed E-state index contributed by atoms with van der Waals surface area (Å²) in [6.45, 7) is 2.25. The number of sulfonamides is 1. The van der Waals surface area contributed by atoms with Gasteiger partial charge in [-0.1, -0.05) is 12.1 Å². The standard InChI is InChI=1S/C22H27FN2O5S/c1-15(16-6-8-18(23)9-7-16)24-22(26)17-5-4-12-25(14-17)31(27,28)19-10-11-20(29-2)21(13-19)30-3/h6-11,13,15,17H,4-5,12,14H2,1-3H3,(H,24,26). The largest absolute Gasteiger partial charge is 0.493 e. The predicted molar refractivity (Wildman–Crippen MR) is 114 cm³/mol. The second-order valence-corrected chi connectivity index (χ2v) is 9.44. The molecule has 9 heteroatoms. The Kier molecular flexibility index (Phi) is 7.17. The van der Waals surface area contributed by atoms with Crippen LogP contribution >= 0.6 is 0 Å². The molecule has 31 heavy (non-hydrogen) atoms. The molecule has 2 atom stereocenters. The van der Waals surface area contributed by atoms with Gasteiger partial charge in [0.15, 0.2) is 11.5 Å². The normalized spacial score (nSPS) is 18.3. The number of amides is 1. The Hall–Kier alpha value is -2.65. The van der Waals surface area contributed by atoms with E-state index < -0.39 is 15.9 Å². The van der Waals surface area contributed by atoms with E-state index in [1.165, 1.54) is 42.8 Å². The van der Waals surface area contributed by atoms with Gasteiger partial charge in [0.25, 0.3) is 0 Å². The number of piperidine rings is 1. The summed E-state index contributed by atoms with van der Waals surface area (Å²) in [5.41, 5.74) is 0.778. The van der Waals surface area contributed by atoms with Crippen molar-refractivity contribution in [3.63, 3.8) is 0 Å². The molecule has 2 aromatic carbocycles. The zero-order chi connectivity index (χ0) is 22.6. The highest BCUT2D eigenvalue weighted by Crippen LogP contribution is 2.32. The van der Waals surface area contributed by atoms with Crippen LogP contribution < -0.4 is 14.8 Å². The number of methoxy groups -OCH3 is 2. The molecule has 0 radical (unpaired) electrons. The molecule has 0 aliphatic carbocycles. The van der Waals surface area contributed by atoms with E-state index in [-0.39, 0.29) is 29.2 Å². The lowest BCUT2D eigenvalue weighted by Gasteiger charge is -2.32. The summed E-state index contributed by atoms with van der Waals surface area (Å²) in [4.78, 5) is 12.9. The average molecular weight is 451 g/mol. The summed E-state index contributed by atoms with van der Waals surface area (Å²) in [5.74, 6) is -0.267. The summed E-state index contributed by atoms with van der Waals surface area (Å²) in [6, 6.07) is 10.1. The topological polar surface area (TPSA) is 84.9 Å². The molecule has 1 saturated heterocycles. The molecular weight excluding hydrogens is 423 g/mol. The number of nitrogens with zero attached hydrogens (tertiary/aromatic N) is 1. The molecule has 2 aromatic rings. The summed E-state index contributed by atoms with van der Waals surface area (Å²) in [7, 11) is -0.874. The third-order valence-corrected chi connectivity index (χ3v) is 7.34. The number of rotatable bonds is 7. The average Bonchev–Trinajstić information content (AvgIpc) is 2.78. The Balaban J connectivity index is 1.71. The smallest absolute Gasteiger partial charge is 0.243 e. The predicted octanol–water partition coefficient (Wildman–Crippen LogP) is 3.12. The van der Waals surface area contributed by atoms with Crippen molar-refractivity contribution in [2.75, 3.05) is 27.3 Å². The lowest BCUT2D eigenvalue weighted by molar-refractivity contribution is -0.126. The maximum Gasteiger partial charge on any atom is 0.243 e. The van der Waals surface area contributed by atoms with Crippen LogP contribution in [0.25, 0.3) is 0 Å². The molecule has 0 aromatic heterocycles. The van der Waals surface area contributed by atoms with E-state index in [9.17, 15) is 17.6 Å². The van der Waals surface area contributed by atoms with Gasteiger partial charge in [0, 0.05) is 19.2 Å². The first kappa shape index (κ1) is 23.0. The van der Waals surface area contributed by atoms with E-state index in [0.29, 0.717) is 30.9 Å². The van der Waals surface area contributed by atoms with Crippen LogP contribution in [0.5, 0.6) is 11.5 Å². The quantitative estimate of drug-likeness (QED) is 0.701. The van der Waals surface area contributed by atoms with Gasteiger partial charge in [-0.25, -0.2) is 12.8 Å². The fourth-order valence-corrected chi connectivity index (χ4v) is 5.21. The highest BCUT2D eigenvalue weighted by atomic mass is 32.2. The minimum absolute atomic E-state index is 0.0888. The SMILES string of the molecule is COc1ccc(S(=O)(=O)N2CCCC(C(=O)NC(C)c3ccc(F)cc3)C2)cc1OC. The van der Waals surface area contributed by atoms with Gasteiger partial charge >= 0.3 is 0 Å². The molecule has 1 heterocycles. The first-order valence-corrected chi connectivity index (χ1v) is 11.5. The highest BCUT2D eigenvalue weighted by molar-refractivity contribution is 7.89. The third kappa shape index (κ3) is 5.16. The van der Waals surface area contributed by atoms with Crippen molar-refractivity contribution in [3.05, 3.63) is 53.8 Å². The monoisotopic (exact) mass is 450 g/mol. The molecule has 0 bridgehead atoms. The van der Waals surface area contributed by atoms with Crippen LogP contribution in [0.1, 0.15) is 31.4 Å². The Morgan fingerprint density at radius 2 is 1.81 bits per heavy atom. The molecule has 7 nitrogen and oxygen atoms in total. The van der Waals surface area contributed by atoms with Crippen molar-refractivity contribution < 1.29 is 27.1 Å². The van der Waals surface area contributed by atoms with Crippen molar-refractivity contribution in [1.82, 2.24) is 9.62 Å². The summed E-state index contributed by atoms with van der Waals surface area (Å²) >= 11 is 0. The van der Waals surface area contributed by atoms with Crippen LogP contribution in [0.4, 0.5) is 4.39 Å². The fraction of sp³-hybridized carbons (Fsp3) is 0.409. The van der Waals surface area contributed by atoms with Crippen molar-refractivity contribution in [2.45, 2.75) is 30.7 Å². The zero-order valence-electron chi connectivity index (χ0n) is 17.8. The fourth-order valence-electron chi connectivity index (χ4n) is 3.67. The molecule has 2 unspecified atom stereocenters.